The summed E-state index contributed by atoms with van der Waals surface area (Å²) in [5.41, 5.74) is -9.93. The molecule has 0 radical (unpaired) electrons. The lowest BCUT2D eigenvalue weighted by Crippen LogP contribution is -1.91. The van der Waals surface area contributed by atoms with Crippen LogP contribution in [0.15, 0.2) is 218 Å². The van der Waals surface area contributed by atoms with Gasteiger partial charge < -0.3 is 0 Å². The van der Waals surface area contributed by atoms with Gasteiger partial charge in [-0.25, -0.2) is 4.98 Å². The lowest BCUT2D eigenvalue weighted by molar-refractivity contribution is 1.37. The minimum Gasteiger partial charge on any atom is -0.254 e. The molecule has 0 unspecified atom stereocenters. The number of nitrogens with zero attached hydrogens (tertiary/aromatic N) is 2. The fourth-order valence-corrected chi connectivity index (χ4v) is 8.21. The van der Waals surface area contributed by atoms with Gasteiger partial charge in [0.2, 0.25) is 0 Å². The number of aromatic nitrogens is 2. The van der Waals surface area contributed by atoms with E-state index in [-0.39, 0.29) is 11.3 Å². The average molecular weight is 829 g/mol. The highest BCUT2D eigenvalue weighted by molar-refractivity contribution is 7.20. The first kappa shape index (κ1) is 14.5. The molecule has 0 spiro atoms. The van der Waals surface area contributed by atoms with Crippen LogP contribution in [0.5, 0.6) is 0 Å². The van der Waals surface area contributed by atoms with Crippen molar-refractivity contribution in [3.8, 4) is 65.5 Å². The predicted molar refractivity (Wildman–Crippen MR) is 260 cm³/mol. The second kappa shape index (κ2) is 14.5. The molecular weight excluding hydrogens is 757 g/mol. The zero-order valence-electron chi connectivity index (χ0n) is 66.3. The van der Waals surface area contributed by atoms with Crippen molar-refractivity contribution in [1.29, 1.82) is 0 Å². The number of fused-ring (bicyclic) bond motifs is 7. The third-order valence-electron chi connectivity index (χ3n) is 9.55. The van der Waals surface area contributed by atoms with E-state index >= 15 is 0 Å². The maximum Gasteiger partial charge on any atom is 0.0972 e. The van der Waals surface area contributed by atoms with Crippen LogP contribution in [0.1, 0.15) is 49.3 Å². The first-order chi connectivity index (χ1) is 45.2. The van der Waals surface area contributed by atoms with E-state index in [1.54, 1.807) is 0 Å². The molecule has 12 aromatic rings. The van der Waals surface area contributed by atoms with Crippen LogP contribution in [-0.4, -0.2) is 9.97 Å². The maximum atomic E-state index is 10.0. The van der Waals surface area contributed by atoms with Gasteiger partial charge in [0, 0.05) is 49.0 Å². The Hall–Kier alpha value is -7.72. The van der Waals surface area contributed by atoms with E-state index in [9.17, 15) is 21.9 Å². The molecule has 284 valence electrons. The van der Waals surface area contributed by atoms with Gasteiger partial charge >= 0.3 is 0 Å². The van der Waals surface area contributed by atoms with E-state index in [0.717, 1.165) is 0 Å². The van der Waals surface area contributed by atoms with E-state index in [1.165, 1.54) is 0 Å². The van der Waals surface area contributed by atoms with Crippen LogP contribution < -0.4 is 0 Å². The molecule has 61 heavy (non-hydrogen) atoms. The van der Waals surface area contributed by atoms with Crippen molar-refractivity contribution >= 4 is 65.5 Å². The highest BCUT2D eigenvalue weighted by Gasteiger charge is 2.25. The van der Waals surface area contributed by atoms with E-state index in [0.29, 0.717) is 0 Å². The van der Waals surface area contributed by atoms with Crippen molar-refractivity contribution in [1.82, 2.24) is 9.97 Å². The quantitative estimate of drug-likeness (QED) is 0.156. The third-order valence-corrected chi connectivity index (χ3v) is 10.8. The summed E-state index contributed by atoms with van der Waals surface area (Å²) in [5.74, 6) is 0. The van der Waals surface area contributed by atoms with Crippen LogP contribution in [0, 0.1) is 0 Å². The van der Waals surface area contributed by atoms with Gasteiger partial charge in [-0.3, -0.25) is 4.98 Å². The van der Waals surface area contributed by atoms with Crippen LogP contribution in [0.3, 0.4) is 0 Å². The summed E-state index contributed by atoms with van der Waals surface area (Å²) in [4.78, 5) is 6.98. The fourth-order valence-electron chi connectivity index (χ4n) is 6.94. The molecule has 9 aromatic carbocycles. The van der Waals surface area contributed by atoms with Crippen molar-refractivity contribution < 1.29 is 49.3 Å². The number of hydrogen-bond donors (Lipinski definition) is 0. The van der Waals surface area contributed by atoms with E-state index in [2.05, 4.69) is 9.97 Å². The van der Waals surface area contributed by atoms with Crippen LogP contribution in [0.2, 0.25) is 0 Å². The van der Waals surface area contributed by atoms with Gasteiger partial charge in [0.15, 0.2) is 0 Å². The molecule has 12 rings (SSSR count). The summed E-state index contributed by atoms with van der Waals surface area (Å²) >= 11 is 0.191. The molecule has 0 N–H and O–H groups in total. The Morgan fingerprint density at radius 3 is 1.59 bits per heavy atom. The number of rotatable bonds is 6. The summed E-state index contributed by atoms with van der Waals surface area (Å²) in [7, 11) is 0. The van der Waals surface area contributed by atoms with Gasteiger partial charge in [-0.15, -0.1) is 11.3 Å². The van der Waals surface area contributed by atoms with Gasteiger partial charge in [-0.1, -0.05) is 193 Å². The normalized spacial score (nSPS) is 19.9. The monoisotopic (exact) mass is 828 g/mol. The van der Waals surface area contributed by atoms with Gasteiger partial charge in [0.05, 0.1) is 66.1 Å². The van der Waals surface area contributed by atoms with Crippen LogP contribution in [0.4, 0.5) is 0 Å². The molecule has 0 atom stereocenters. The Bertz CT molecular complexity index is 5700. The Morgan fingerprint density at radius 2 is 0.869 bits per heavy atom. The SMILES string of the molecule is [2H]c1nc2c(c([2H])c1[2H])c([2H])c([2H])c1c([2H])c([2H])c(-c3c([2H])c([2H])c(-c4c([2H])c([2H])c(-c5sc(-c6c([2H])c7c([2H])c([2H])c([2H])c([2H])c7c7c([2H])c([2H])c([2H])c([2H])c67)c(-c6c([2H])c([2H])c([2H])c([2H])c6[2H])c5-c5c([2H])c([2H])c([2H])c([2H])c5[2H])c([2H])c4[2H])c4c([2H])c([2H])c([2H])c([2H])c34)nc12. The molecule has 2 nitrogen and oxygen atoms in total. The van der Waals surface area contributed by atoms with Crippen LogP contribution in [0.25, 0.3) is 120 Å². The van der Waals surface area contributed by atoms with Gasteiger partial charge in [0.25, 0.3) is 0 Å². The molecule has 3 heterocycles. The standard InChI is InChI=1S/C58H36N2S/c1-3-14-38(15-4-1)53-54(39-16-5-2-6-17-39)58(51-36-43-18-7-8-20-44(43)46-21-10-12-24-49(46)51)61-57(53)42-29-25-37(26-30-42)45-32-33-50(48-23-11-9-22-47(45)48)52-34-31-41-28-27-40-19-13-35-59-55(40)56(41)60-52/h1-36H/i1D,2D,3D,4D,5D,6D,7D,8D,9D,10D,11D,12D,13D,14D,15D,16D,17D,18D,19D,20D,21D,22D,23D,24D,25D,26D,27D,28D,29D,30D,31D,32D,33D,34D,35D,36D. The lowest BCUT2D eigenvalue weighted by atomic mass is 9.89. The summed E-state index contributed by atoms with van der Waals surface area (Å²) in [6.45, 7) is 0. The first-order valence-corrected chi connectivity index (χ1v) is 18.6. The van der Waals surface area contributed by atoms with Gasteiger partial charge in [0.1, 0.15) is 0 Å². The minimum absolute atomic E-state index is 0.191. The molecule has 0 saturated carbocycles. The lowest BCUT2D eigenvalue weighted by Gasteiger charge is -2.14. The van der Waals surface area contributed by atoms with Crippen LogP contribution >= 0.6 is 11.3 Å². The second-order valence-electron chi connectivity index (χ2n) is 12.9. The molecule has 0 amide bonds. The van der Waals surface area contributed by atoms with Crippen molar-refractivity contribution in [3.05, 3.63) is 218 Å². The number of pyridine rings is 2. The smallest absolute Gasteiger partial charge is 0.0972 e. The molecule has 3 aromatic heterocycles. The molecule has 0 fully saturated rings. The summed E-state index contributed by atoms with van der Waals surface area (Å²) in [5, 5.41) is -5.40. The van der Waals surface area contributed by atoms with E-state index in [1.807, 2.05) is 0 Å². The van der Waals surface area contributed by atoms with E-state index < -0.39 is 337 Å². The number of benzene rings is 9. The van der Waals surface area contributed by atoms with Crippen molar-refractivity contribution in [2.24, 2.45) is 0 Å². The molecule has 0 aliphatic heterocycles. The predicted octanol–water partition coefficient (Wildman–Crippen LogP) is 16.3. The topological polar surface area (TPSA) is 25.8 Å². The molecule has 3 heteroatoms. The Kier molecular flexibility index (Phi) is 3.45. The Labute approximate surface area is 408 Å². The summed E-state index contributed by atoms with van der Waals surface area (Å²) in [6, 6.07) is -35.9. The highest BCUT2D eigenvalue weighted by Crippen LogP contribution is 2.54. The fraction of sp³-hybridized carbons (Fsp3) is 0. The number of thiophene rings is 1. The zero-order valence-corrected chi connectivity index (χ0v) is 31.1. The van der Waals surface area contributed by atoms with Crippen molar-refractivity contribution in [2.45, 2.75) is 0 Å². The zero-order chi connectivity index (χ0) is 71.6. The van der Waals surface area contributed by atoms with Crippen molar-refractivity contribution in [3.63, 3.8) is 0 Å². The Balaban J connectivity index is 1.29. The minimum atomic E-state index is -1.24. The highest BCUT2D eigenvalue weighted by atomic mass is 32.1. The Morgan fingerprint density at radius 1 is 0.344 bits per heavy atom. The average Bonchev–Trinajstić information content (AvgIpc) is 1.69. The van der Waals surface area contributed by atoms with Crippen molar-refractivity contribution in [2.75, 3.05) is 0 Å². The number of hydrogen-bond acceptors (Lipinski definition) is 3. The molecular formula is C58H36N2S. The van der Waals surface area contributed by atoms with Gasteiger partial charge in [-0.2, -0.15) is 0 Å². The molecule has 0 saturated heterocycles. The summed E-state index contributed by atoms with van der Waals surface area (Å²) < 4.78 is 329. The summed E-state index contributed by atoms with van der Waals surface area (Å²) in [6.07, 6.45) is -0.816. The second-order valence-corrected chi connectivity index (χ2v) is 13.9. The molecule has 0 aliphatic rings. The largest absolute Gasteiger partial charge is 0.254 e. The van der Waals surface area contributed by atoms with Crippen LogP contribution in [-0.2, 0) is 0 Å². The first-order valence-electron chi connectivity index (χ1n) is 35.8. The molecule has 0 bridgehead atoms. The molecule has 0 aliphatic carbocycles. The maximum absolute atomic E-state index is 10.0. The van der Waals surface area contributed by atoms with Gasteiger partial charge in [-0.05, 0) is 78.3 Å². The third kappa shape index (κ3) is 5.93. The van der Waals surface area contributed by atoms with E-state index in [4.69, 9.17) is 27.4 Å².